The van der Waals surface area contributed by atoms with E-state index in [4.69, 9.17) is 0 Å². The van der Waals surface area contributed by atoms with Gasteiger partial charge < -0.3 is 10.2 Å². The van der Waals surface area contributed by atoms with Crippen molar-refractivity contribution in [3.63, 3.8) is 0 Å². The lowest BCUT2D eigenvalue weighted by atomic mass is 10.1. The van der Waals surface area contributed by atoms with Crippen LogP contribution in [0.15, 0.2) is 24.3 Å². The molecule has 0 saturated carbocycles. The van der Waals surface area contributed by atoms with Crippen molar-refractivity contribution in [3.8, 4) is 0 Å². The summed E-state index contributed by atoms with van der Waals surface area (Å²) >= 11 is 0. The number of nitrogens with zero attached hydrogens (tertiary/aromatic N) is 1. The van der Waals surface area contributed by atoms with E-state index in [-0.39, 0.29) is 30.4 Å². The highest BCUT2D eigenvalue weighted by Crippen LogP contribution is 2.09. The number of nitrogens with one attached hydrogen (secondary N) is 1. The van der Waals surface area contributed by atoms with Gasteiger partial charge in [0.1, 0.15) is 5.82 Å². The summed E-state index contributed by atoms with van der Waals surface area (Å²) < 4.78 is 13.4. The first-order valence-electron chi connectivity index (χ1n) is 6.02. The molecule has 0 aliphatic rings. The summed E-state index contributed by atoms with van der Waals surface area (Å²) in [6.45, 7) is 6.54. The van der Waals surface area contributed by atoms with Crippen molar-refractivity contribution in [3.05, 3.63) is 35.6 Å². The van der Waals surface area contributed by atoms with E-state index in [1.165, 1.54) is 11.0 Å². The number of carbonyl (C=O) groups is 1. The molecule has 0 spiro atoms. The van der Waals surface area contributed by atoms with Crippen LogP contribution in [0, 0.1) is 5.82 Å². The molecule has 0 unspecified atom stereocenters. The van der Waals surface area contributed by atoms with E-state index in [1.54, 1.807) is 25.2 Å². The van der Waals surface area contributed by atoms with E-state index in [9.17, 15) is 9.18 Å². The fraction of sp³-hybridized carbons (Fsp3) is 0.500. The minimum absolute atomic E-state index is 0.0480. The summed E-state index contributed by atoms with van der Waals surface area (Å²) in [6.07, 6.45) is 0. The molecule has 0 fully saturated rings. The molecule has 0 heterocycles. The molecule has 0 atom stereocenters. The molecule has 0 aliphatic carbocycles. The third-order valence-electron chi connectivity index (χ3n) is 2.56. The third kappa shape index (κ3) is 4.84. The number of carbonyl (C=O) groups excluding carboxylic acids is 1. The van der Waals surface area contributed by atoms with Crippen molar-refractivity contribution in [1.82, 2.24) is 10.2 Å². The SMILES string of the molecule is CN(Cc1ccccc1F)C(=O)CNC(C)(C)C. The Morgan fingerprint density at radius 3 is 2.50 bits per heavy atom. The molecule has 0 saturated heterocycles. The van der Waals surface area contributed by atoms with Gasteiger partial charge in [0.25, 0.3) is 0 Å². The number of rotatable bonds is 4. The molecule has 0 aliphatic heterocycles. The first kappa shape index (κ1) is 14.6. The first-order chi connectivity index (χ1) is 8.29. The Kier molecular flexibility index (Phi) is 4.84. The summed E-state index contributed by atoms with van der Waals surface area (Å²) in [5.41, 5.74) is 0.429. The molecular weight excluding hydrogens is 231 g/mol. The maximum absolute atomic E-state index is 13.4. The zero-order valence-electron chi connectivity index (χ0n) is 11.5. The Labute approximate surface area is 108 Å². The number of amides is 1. The third-order valence-corrected chi connectivity index (χ3v) is 2.56. The summed E-state index contributed by atoms with van der Waals surface area (Å²) in [5, 5.41) is 3.12. The van der Waals surface area contributed by atoms with Gasteiger partial charge in [0, 0.05) is 24.7 Å². The molecule has 0 aromatic heterocycles. The molecule has 0 bridgehead atoms. The summed E-state index contributed by atoms with van der Waals surface area (Å²) in [6, 6.07) is 6.50. The predicted octanol–water partition coefficient (Wildman–Crippen LogP) is 2.17. The standard InChI is InChI=1S/C14H21FN2O/c1-14(2,3)16-9-13(18)17(4)10-11-7-5-6-8-12(11)15/h5-8,16H,9-10H2,1-4H3. The van der Waals surface area contributed by atoms with Crippen LogP contribution in [-0.2, 0) is 11.3 Å². The molecule has 3 nitrogen and oxygen atoms in total. The maximum Gasteiger partial charge on any atom is 0.236 e. The van der Waals surface area contributed by atoms with E-state index < -0.39 is 0 Å². The minimum atomic E-state index is -0.277. The van der Waals surface area contributed by atoms with Crippen LogP contribution < -0.4 is 5.32 Å². The second kappa shape index (κ2) is 5.96. The van der Waals surface area contributed by atoms with Gasteiger partial charge in [-0.25, -0.2) is 4.39 Å². The topological polar surface area (TPSA) is 32.3 Å². The van der Waals surface area contributed by atoms with Crippen molar-refractivity contribution < 1.29 is 9.18 Å². The normalized spacial score (nSPS) is 11.4. The van der Waals surface area contributed by atoms with Crippen molar-refractivity contribution in [2.45, 2.75) is 32.9 Å². The second-order valence-electron chi connectivity index (χ2n) is 5.44. The van der Waals surface area contributed by atoms with Gasteiger partial charge in [-0.3, -0.25) is 4.79 Å². The fourth-order valence-corrected chi connectivity index (χ4v) is 1.45. The summed E-state index contributed by atoms with van der Waals surface area (Å²) in [5.74, 6) is -0.325. The van der Waals surface area contributed by atoms with E-state index in [2.05, 4.69) is 5.32 Å². The zero-order chi connectivity index (χ0) is 13.8. The highest BCUT2D eigenvalue weighted by atomic mass is 19.1. The quantitative estimate of drug-likeness (QED) is 0.890. The van der Waals surface area contributed by atoms with Gasteiger partial charge in [0.05, 0.1) is 6.54 Å². The lowest BCUT2D eigenvalue weighted by Crippen LogP contribution is -2.43. The average Bonchev–Trinajstić information content (AvgIpc) is 2.28. The largest absolute Gasteiger partial charge is 0.340 e. The Morgan fingerprint density at radius 1 is 1.33 bits per heavy atom. The molecular formula is C14H21FN2O. The van der Waals surface area contributed by atoms with Gasteiger partial charge in [0.15, 0.2) is 0 Å². The highest BCUT2D eigenvalue weighted by molar-refractivity contribution is 5.78. The van der Waals surface area contributed by atoms with Crippen molar-refractivity contribution in [2.75, 3.05) is 13.6 Å². The Morgan fingerprint density at radius 2 is 1.94 bits per heavy atom. The highest BCUT2D eigenvalue weighted by Gasteiger charge is 2.15. The smallest absolute Gasteiger partial charge is 0.236 e. The average molecular weight is 252 g/mol. The van der Waals surface area contributed by atoms with Crippen molar-refractivity contribution >= 4 is 5.91 Å². The molecule has 1 amide bonds. The van der Waals surface area contributed by atoms with Crippen LogP contribution in [0.2, 0.25) is 0 Å². The molecule has 4 heteroatoms. The molecule has 1 aromatic rings. The second-order valence-corrected chi connectivity index (χ2v) is 5.44. The number of halogens is 1. The molecule has 1 rings (SSSR count). The van der Waals surface area contributed by atoms with Gasteiger partial charge >= 0.3 is 0 Å². The number of hydrogen-bond acceptors (Lipinski definition) is 2. The lowest BCUT2D eigenvalue weighted by molar-refractivity contribution is -0.129. The Hall–Kier alpha value is -1.42. The van der Waals surface area contributed by atoms with Crippen LogP contribution in [-0.4, -0.2) is 29.9 Å². The lowest BCUT2D eigenvalue weighted by Gasteiger charge is -2.23. The molecule has 1 N–H and O–H groups in total. The van der Waals surface area contributed by atoms with Crippen LogP contribution >= 0.6 is 0 Å². The fourth-order valence-electron chi connectivity index (χ4n) is 1.45. The van der Waals surface area contributed by atoms with E-state index >= 15 is 0 Å². The molecule has 1 aromatic carbocycles. The monoisotopic (exact) mass is 252 g/mol. The van der Waals surface area contributed by atoms with Gasteiger partial charge in [-0.1, -0.05) is 18.2 Å². The summed E-state index contributed by atoms with van der Waals surface area (Å²) in [7, 11) is 1.68. The van der Waals surface area contributed by atoms with Crippen molar-refractivity contribution in [1.29, 1.82) is 0 Å². The minimum Gasteiger partial charge on any atom is -0.340 e. The van der Waals surface area contributed by atoms with Crippen LogP contribution in [0.25, 0.3) is 0 Å². The molecule has 0 radical (unpaired) electrons. The molecule has 100 valence electrons. The van der Waals surface area contributed by atoms with Crippen molar-refractivity contribution in [2.24, 2.45) is 0 Å². The van der Waals surface area contributed by atoms with Crippen LogP contribution in [0.1, 0.15) is 26.3 Å². The maximum atomic E-state index is 13.4. The van der Waals surface area contributed by atoms with Gasteiger partial charge in [-0.15, -0.1) is 0 Å². The number of benzene rings is 1. The van der Waals surface area contributed by atoms with Crippen LogP contribution in [0.4, 0.5) is 4.39 Å². The zero-order valence-corrected chi connectivity index (χ0v) is 11.5. The van der Waals surface area contributed by atoms with E-state index in [1.807, 2.05) is 20.8 Å². The van der Waals surface area contributed by atoms with Crippen LogP contribution in [0.5, 0.6) is 0 Å². The Balaban J connectivity index is 2.53. The first-order valence-corrected chi connectivity index (χ1v) is 6.02. The van der Waals surface area contributed by atoms with E-state index in [0.717, 1.165) is 0 Å². The van der Waals surface area contributed by atoms with Gasteiger partial charge in [-0.05, 0) is 26.8 Å². The van der Waals surface area contributed by atoms with E-state index in [0.29, 0.717) is 5.56 Å². The predicted molar refractivity (Wildman–Crippen MR) is 70.6 cm³/mol. The number of hydrogen-bond donors (Lipinski definition) is 1. The van der Waals surface area contributed by atoms with Crippen LogP contribution in [0.3, 0.4) is 0 Å². The van der Waals surface area contributed by atoms with Gasteiger partial charge in [-0.2, -0.15) is 0 Å². The molecule has 18 heavy (non-hydrogen) atoms. The van der Waals surface area contributed by atoms with Gasteiger partial charge in [0.2, 0.25) is 5.91 Å². The Bertz CT molecular complexity index is 413. The number of likely N-dealkylation sites (N-methyl/N-ethyl adjacent to an activating group) is 1. The summed E-state index contributed by atoms with van der Waals surface area (Å²) in [4.78, 5) is 13.4.